The predicted octanol–water partition coefficient (Wildman–Crippen LogP) is 2.82. The number of nitrogens with one attached hydrogen (secondary N) is 2. The molecule has 0 fully saturated rings. The van der Waals surface area contributed by atoms with Crippen molar-refractivity contribution in [3.63, 3.8) is 0 Å². The van der Waals surface area contributed by atoms with Gasteiger partial charge < -0.3 is 19.7 Å². The minimum atomic E-state index is 0.359. The molecule has 7 heteroatoms. The summed E-state index contributed by atoms with van der Waals surface area (Å²) in [6, 6.07) is 10.2. The lowest BCUT2D eigenvalue weighted by Crippen LogP contribution is -2.38. The van der Waals surface area contributed by atoms with Gasteiger partial charge in [0.05, 0.1) is 23.3 Å². The highest BCUT2D eigenvalue weighted by Gasteiger charge is 2.09. The predicted molar refractivity (Wildman–Crippen MR) is 103 cm³/mol. The lowest BCUT2D eigenvalue weighted by molar-refractivity contribution is 0.372. The summed E-state index contributed by atoms with van der Waals surface area (Å²) in [6.45, 7) is 8.33. The molecule has 2 aromatic heterocycles. The third kappa shape index (κ3) is 4.04. The molecule has 0 aliphatic heterocycles. The second kappa shape index (κ2) is 8.03. The van der Waals surface area contributed by atoms with Gasteiger partial charge in [-0.25, -0.2) is 4.98 Å². The maximum Gasteiger partial charge on any atom is 0.191 e. The van der Waals surface area contributed by atoms with Gasteiger partial charge in [-0.1, -0.05) is 31.1 Å². The molecular weight excluding hydrogens is 328 g/mol. The van der Waals surface area contributed by atoms with Crippen LogP contribution < -0.4 is 10.6 Å². The van der Waals surface area contributed by atoms with Gasteiger partial charge in [0, 0.05) is 26.2 Å². The smallest absolute Gasteiger partial charge is 0.191 e. The van der Waals surface area contributed by atoms with Crippen LogP contribution in [0.25, 0.3) is 11.0 Å². The molecule has 1 aromatic carbocycles. The second-order valence-corrected chi connectivity index (χ2v) is 6.52. The Balaban J connectivity index is 1.53. The highest BCUT2D eigenvalue weighted by atomic mass is 16.5. The van der Waals surface area contributed by atoms with Crippen LogP contribution in [-0.4, -0.2) is 34.3 Å². The first-order chi connectivity index (χ1) is 12.6. The summed E-state index contributed by atoms with van der Waals surface area (Å²) in [7, 11) is 1.76. The molecule has 3 aromatic rings. The molecule has 2 N–H and O–H groups in total. The first kappa shape index (κ1) is 18.0. The SMILES string of the molecule is CN=C(NCCn1c(C)nc2ccccc21)NCc1cc(C(C)C)no1. The van der Waals surface area contributed by atoms with Gasteiger partial charge in [0.25, 0.3) is 0 Å². The number of imidazole rings is 1. The number of hydrogen-bond acceptors (Lipinski definition) is 4. The van der Waals surface area contributed by atoms with Crippen molar-refractivity contribution in [3.8, 4) is 0 Å². The van der Waals surface area contributed by atoms with Gasteiger partial charge in [-0.3, -0.25) is 4.99 Å². The van der Waals surface area contributed by atoms with Crippen molar-refractivity contribution in [3.05, 3.63) is 47.6 Å². The van der Waals surface area contributed by atoms with Crippen molar-refractivity contribution in [1.29, 1.82) is 0 Å². The molecule has 0 radical (unpaired) electrons. The molecule has 0 saturated carbocycles. The largest absolute Gasteiger partial charge is 0.359 e. The second-order valence-electron chi connectivity index (χ2n) is 6.52. The molecule has 0 saturated heterocycles. The topological polar surface area (TPSA) is 80.3 Å². The molecule has 0 unspecified atom stereocenters. The third-order valence-electron chi connectivity index (χ3n) is 4.30. The van der Waals surface area contributed by atoms with E-state index in [1.807, 2.05) is 31.2 Å². The van der Waals surface area contributed by atoms with E-state index in [4.69, 9.17) is 4.52 Å². The van der Waals surface area contributed by atoms with E-state index in [1.165, 1.54) is 0 Å². The number of fused-ring (bicyclic) bond motifs is 1. The van der Waals surface area contributed by atoms with Gasteiger partial charge in [0.2, 0.25) is 0 Å². The first-order valence-electron chi connectivity index (χ1n) is 8.90. The van der Waals surface area contributed by atoms with E-state index in [0.717, 1.165) is 47.4 Å². The maximum atomic E-state index is 5.34. The fraction of sp³-hybridized carbons (Fsp3) is 0.421. The maximum absolute atomic E-state index is 5.34. The average molecular weight is 354 g/mol. The minimum Gasteiger partial charge on any atom is -0.359 e. The summed E-state index contributed by atoms with van der Waals surface area (Å²) in [5, 5.41) is 10.6. The lowest BCUT2D eigenvalue weighted by atomic mass is 10.1. The van der Waals surface area contributed by atoms with E-state index in [9.17, 15) is 0 Å². The summed E-state index contributed by atoms with van der Waals surface area (Å²) in [5.41, 5.74) is 3.14. The number of hydrogen-bond donors (Lipinski definition) is 2. The number of guanidine groups is 1. The van der Waals surface area contributed by atoms with E-state index < -0.39 is 0 Å². The first-order valence-corrected chi connectivity index (χ1v) is 8.90. The summed E-state index contributed by atoms with van der Waals surface area (Å²) in [5.74, 6) is 2.90. The standard InChI is InChI=1S/C19H26N6O/c1-13(2)17-11-15(26-24-17)12-22-19(20-4)21-9-10-25-14(3)23-16-7-5-6-8-18(16)25/h5-8,11,13H,9-10,12H2,1-4H3,(H2,20,21,22). The van der Waals surface area contributed by atoms with Crippen molar-refractivity contribution in [2.24, 2.45) is 4.99 Å². The van der Waals surface area contributed by atoms with Crippen LogP contribution in [0.4, 0.5) is 0 Å². The van der Waals surface area contributed by atoms with Crippen LogP contribution >= 0.6 is 0 Å². The lowest BCUT2D eigenvalue weighted by Gasteiger charge is -2.12. The highest BCUT2D eigenvalue weighted by molar-refractivity contribution is 5.79. The molecular formula is C19H26N6O. The van der Waals surface area contributed by atoms with E-state index in [-0.39, 0.29) is 0 Å². The summed E-state index contributed by atoms with van der Waals surface area (Å²) < 4.78 is 7.55. The Morgan fingerprint density at radius 1 is 1.27 bits per heavy atom. The van der Waals surface area contributed by atoms with Gasteiger partial charge in [-0.15, -0.1) is 0 Å². The summed E-state index contributed by atoms with van der Waals surface area (Å²) in [6.07, 6.45) is 0. The van der Waals surface area contributed by atoms with Gasteiger partial charge in [0.1, 0.15) is 5.82 Å². The zero-order valence-electron chi connectivity index (χ0n) is 15.8. The molecule has 0 aliphatic carbocycles. The Kier molecular flexibility index (Phi) is 5.55. The molecule has 3 rings (SSSR count). The number of para-hydroxylation sites is 2. The van der Waals surface area contributed by atoms with Gasteiger partial charge in [0.15, 0.2) is 11.7 Å². The van der Waals surface area contributed by atoms with E-state index >= 15 is 0 Å². The molecule has 7 nitrogen and oxygen atoms in total. The number of aliphatic imine (C=N–C) groups is 1. The van der Waals surface area contributed by atoms with Gasteiger partial charge in [-0.2, -0.15) is 0 Å². The molecule has 2 heterocycles. The van der Waals surface area contributed by atoms with Crippen LogP contribution in [0, 0.1) is 6.92 Å². The minimum absolute atomic E-state index is 0.359. The number of aryl methyl sites for hydroxylation is 1. The van der Waals surface area contributed by atoms with E-state index in [0.29, 0.717) is 12.5 Å². The fourth-order valence-electron chi connectivity index (χ4n) is 2.84. The highest BCUT2D eigenvalue weighted by Crippen LogP contribution is 2.15. The van der Waals surface area contributed by atoms with Gasteiger partial charge >= 0.3 is 0 Å². The third-order valence-corrected chi connectivity index (χ3v) is 4.30. The Hall–Kier alpha value is -2.83. The van der Waals surface area contributed by atoms with Crippen molar-refractivity contribution in [2.75, 3.05) is 13.6 Å². The Bertz CT molecular complexity index is 892. The monoisotopic (exact) mass is 354 g/mol. The summed E-state index contributed by atoms with van der Waals surface area (Å²) >= 11 is 0. The zero-order valence-corrected chi connectivity index (χ0v) is 15.8. The normalized spacial score (nSPS) is 12.1. The average Bonchev–Trinajstić information content (AvgIpc) is 3.22. The molecule has 0 atom stereocenters. The van der Waals surface area contributed by atoms with E-state index in [2.05, 4.69) is 50.2 Å². The molecule has 0 bridgehead atoms. The van der Waals surface area contributed by atoms with Crippen LogP contribution in [0.3, 0.4) is 0 Å². The number of nitrogens with zero attached hydrogens (tertiary/aromatic N) is 4. The van der Waals surface area contributed by atoms with Crippen LogP contribution in [-0.2, 0) is 13.1 Å². The quantitative estimate of drug-likeness (QED) is 0.525. The van der Waals surface area contributed by atoms with Crippen LogP contribution in [0.5, 0.6) is 0 Å². The molecule has 0 aliphatic rings. The Labute approximate surface area is 153 Å². The number of rotatable bonds is 6. The van der Waals surface area contributed by atoms with Crippen LogP contribution in [0.15, 0.2) is 39.8 Å². The number of benzene rings is 1. The number of aromatic nitrogens is 3. The van der Waals surface area contributed by atoms with Crippen molar-refractivity contribution >= 4 is 17.0 Å². The molecule has 138 valence electrons. The van der Waals surface area contributed by atoms with E-state index in [1.54, 1.807) is 7.05 Å². The van der Waals surface area contributed by atoms with Crippen molar-refractivity contribution in [2.45, 2.75) is 39.8 Å². The van der Waals surface area contributed by atoms with Gasteiger partial charge in [-0.05, 0) is 25.0 Å². The molecule has 26 heavy (non-hydrogen) atoms. The Morgan fingerprint density at radius 2 is 2.08 bits per heavy atom. The molecule has 0 spiro atoms. The summed E-state index contributed by atoms with van der Waals surface area (Å²) in [4.78, 5) is 8.85. The Morgan fingerprint density at radius 3 is 2.81 bits per heavy atom. The zero-order chi connectivity index (χ0) is 18.5. The fourth-order valence-corrected chi connectivity index (χ4v) is 2.84. The molecule has 0 amide bonds. The van der Waals surface area contributed by atoms with Crippen molar-refractivity contribution < 1.29 is 4.52 Å². The van der Waals surface area contributed by atoms with Crippen LogP contribution in [0.2, 0.25) is 0 Å². The van der Waals surface area contributed by atoms with Crippen molar-refractivity contribution in [1.82, 2.24) is 25.3 Å². The van der Waals surface area contributed by atoms with Crippen LogP contribution in [0.1, 0.15) is 37.0 Å².